The SMILES string of the molecule is Cc1cc(N2CCCC2)nc(NCCNC(=O)CN2CCOC2=O)n1. The van der Waals surface area contributed by atoms with Gasteiger partial charge in [0.2, 0.25) is 11.9 Å². The van der Waals surface area contributed by atoms with Crippen LogP contribution >= 0.6 is 0 Å². The van der Waals surface area contributed by atoms with Crippen LogP contribution in [0.5, 0.6) is 0 Å². The molecule has 2 fully saturated rings. The first kappa shape index (κ1) is 17.2. The molecular weight excluding hydrogens is 324 g/mol. The minimum absolute atomic E-state index is 0.0267. The van der Waals surface area contributed by atoms with Crippen LogP contribution in [0.1, 0.15) is 18.5 Å². The van der Waals surface area contributed by atoms with Crippen LogP contribution in [-0.4, -0.2) is 72.7 Å². The van der Waals surface area contributed by atoms with Crippen LogP contribution in [0.3, 0.4) is 0 Å². The maximum Gasteiger partial charge on any atom is 0.410 e. The van der Waals surface area contributed by atoms with Gasteiger partial charge in [0.05, 0.1) is 6.54 Å². The fraction of sp³-hybridized carbons (Fsp3) is 0.625. The van der Waals surface area contributed by atoms with Gasteiger partial charge in [0, 0.05) is 37.9 Å². The zero-order valence-electron chi connectivity index (χ0n) is 14.5. The number of amides is 2. The smallest absolute Gasteiger partial charge is 0.410 e. The zero-order chi connectivity index (χ0) is 17.6. The van der Waals surface area contributed by atoms with Gasteiger partial charge >= 0.3 is 6.09 Å². The summed E-state index contributed by atoms with van der Waals surface area (Å²) in [7, 11) is 0. The van der Waals surface area contributed by atoms with Crippen molar-refractivity contribution in [3.05, 3.63) is 11.8 Å². The Bertz CT molecular complexity index is 632. The van der Waals surface area contributed by atoms with Crippen molar-refractivity contribution < 1.29 is 14.3 Å². The van der Waals surface area contributed by atoms with Crippen LogP contribution < -0.4 is 15.5 Å². The molecule has 0 aliphatic carbocycles. The Morgan fingerprint density at radius 3 is 2.76 bits per heavy atom. The Morgan fingerprint density at radius 2 is 2.04 bits per heavy atom. The zero-order valence-corrected chi connectivity index (χ0v) is 14.5. The number of aromatic nitrogens is 2. The van der Waals surface area contributed by atoms with E-state index in [1.165, 1.54) is 17.7 Å². The molecule has 2 amide bonds. The highest BCUT2D eigenvalue weighted by molar-refractivity contribution is 5.82. The highest BCUT2D eigenvalue weighted by atomic mass is 16.6. The van der Waals surface area contributed by atoms with E-state index < -0.39 is 6.09 Å². The summed E-state index contributed by atoms with van der Waals surface area (Å²) in [5.74, 6) is 1.31. The third-order valence-electron chi connectivity index (χ3n) is 4.18. The molecule has 0 atom stereocenters. The lowest BCUT2D eigenvalue weighted by Gasteiger charge is -2.18. The summed E-state index contributed by atoms with van der Waals surface area (Å²) in [5, 5.41) is 5.91. The highest BCUT2D eigenvalue weighted by Crippen LogP contribution is 2.19. The Balaban J connectivity index is 1.42. The number of cyclic esters (lactones) is 1. The van der Waals surface area contributed by atoms with Crippen LogP contribution in [0.25, 0.3) is 0 Å². The lowest BCUT2D eigenvalue weighted by Crippen LogP contribution is -2.39. The number of hydrogen-bond donors (Lipinski definition) is 2. The third kappa shape index (κ3) is 4.71. The normalized spacial score (nSPS) is 16.9. The Morgan fingerprint density at radius 1 is 1.24 bits per heavy atom. The van der Waals surface area contributed by atoms with Crippen molar-refractivity contribution in [1.29, 1.82) is 0 Å². The maximum atomic E-state index is 11.8. The number of hydrogen-bond acceptors (Lipinski definition) is 7. The number of rotatable bonds is 7. The minimum Gasteiger partial charge on any atom is -0.448 e. The van der Waals surface area contributed by atoms with E-state index in [0.717, 1.165) is 24.6 Å². The molecule has 2 N–H and O–H groups in total. The summed E-state index contributed by atoms with van der Waals surface area (Å²) >= 11 is 0. The first-order valence-corrected chi connectivity index (χ1v) is 8.65. The van der Waals surface area contributed by atoms with Crippen LogP contribution in [-0.2, 0) is 9.53 Å². The van der Waals surface area contributed by atoms with Crippen LogP contribution in [0.4, 0.5) is 16.6 Å². The van der Waals surface area contributed by atoms with Crippen molar-refractivity contribution in [2.24, 2.45) is 0 Å². The van der Waals surface area contributed by atoms with Crippen molar-refractivity contribution in [1.82, 2.24) is 20.2 Å². The molecule has 1 aromatic heterocycles. The summed E-state index contributed by atoms with van der Waals surface area (Å²) < 4.78 is 4.79. The molecule has 9 heteroatoms. The number of anilines is 2. The Labute approximate surface area is 146 Å². The van der Waals surface area contributed by atoms with Gasteiger partial charge in [0.15, 0.2) is 0 Å². The fourth-order valence-electron chi connectivity index (χ4n) is 2.91. The average Bonchev–Trinajstić information content (AvgIpc) is 3.24. The topological polar surface area (TPSA) is 99.7 Å². The number of carbonyl (C=O) groups excluding carboxylic acids is 2. The summed E-state index contributed by atoms with van der Waals surface area (Å²) in [6.07, 6.45) is 1.96. The second-order valence-corrected chi connectivity index (χ2v) is 6.20. The van der Waals surface area contributed by atoms with Gasteiger partial charge in [-0.2, -0.15) is 4.98 Å². The molecule has 136 valence electrons. The van der Waals surface area contributed by atoms with E-state index in [0.29, 0.717) is 32.2 Å². The number of carbonyl (C=O) groups is 2. The molecule has 2 saturated heterocycles. The maximum absolute atomic E-state index is 11.8. The number of nitrogens with zero attached hydrogens (tertiary/aromatic N) is 4. The van der Waals surface area contributed by atoms with Gasteiger partial charge in [-0.1, -0.05) is 0 Å². The van der Waals surface area contributed by atoms with Gasteiger partial charge in [0.25, 0.3) is 0 Å². The first-order valence-electron chi connectivity index (χ1n) is 8.65. The highest BCUT2D eigenvalue weighted by Gasteiger charge is 2.23. The average molecular weight is 348 g/mol. The third-order valence-corrected chi connectivity index (χ3v) is 4.18. The van der Waals surface area contributed by atoms with Gasteiger partial charge < -0.3 is 20.3 Å². The molecule has 3 heterocycles. The second-order valence-electron chi connectivity index (χ2n) is 6.20. The Hall–Kier alpha value is -2.58. The monoisotopic (exact) mass is 348 g/mol. The van der Waals surface area contributed by atoms with E-state index in [-0.39, 0.29) is 12.5 Å². The largest absolute Gasteiger partial charge is 0.448 e. The molecule has 2 aliphatic heterocycles. The Kier molecular flexibility index (Phi) is 5.52. The lowest BCUT2D eigenvalue weighted by molar-refractivity contribution is -0.121. The van der Waals surface area contributed by atoms with Crippen molar-refractivity contribution in [3.8, 4) is 0 Å². The number of nitrogens with one attached hydrogen (secondary N) is 2. The molecule has 25 heavy (non-hydrogen) atoms. The van der Waals surface area contributed by atoms with Gasteiger partial charge in [-0.15, -0.1) is 0 Å². The van der Waals surface area contributed by atoms with E-state index >= 15 is 0 Å². The summed E-state index contributed by atoms with van der Waals surface area (Å²) in [6.45, 7) is 5.79. The van der Waals surface area contributed by atoms with Crippen LogP contribution in [0, 0.1) is 6.92 Å². The summed E-state index contributed by atoms with van der Waals surface area (Å²) in [6, 6.07) is 1.99. The van der Waals surface area contributed by atoms with Gasteiger partial charge in [0.1, 0.15) is 19.0 Å². The molecule has 0 unspecified atom stereocenters. The van der Waals surface area contributed by atoms with E-state index in [4.69, 9.17) is 4.74 Å². The number of ether oxygens (including phenoxy) is 1. The van der Waals surface area contributed by atoms with Crippen molar-refractivity contribution >= 4 is 23.8 Å². The minimum atomic E-state index is -0.434. The predicted molar refractivity (Wildman–Crippen MR) is 92.6 cm³/mol. The lowest BCUT2D eigenvalue weighted by atomic mass is 10.4. The number of aryl methyl sites for hydroxylation is 1. The van der Waals surface area contributed by atoms with Crippen molar-refractivity contribution in [2.75, 3.05) is 56.1 Å². The van der Waals surface area contributed by atoms with Gasteiger partial charge in [-0.3, -0.25) is 9.69 Å². The molecule has 3 rings (SSSR count). The van der Waals surface area contributed by atoms with E-state index in [2.05, 4.69) is 25.5 Å². The first-order chi connectivity index (χ1) is 12.1. The van der Waals surface area contributed by atoms with Crippen LogP contribution in [0.15, 0.2) is 6.07 Å². The summed E-state index contributed by atoms with van der Waals surface area (Å²) in [5.41, 5.74) is 0.913. The summed E-state index contributed by atoms with van der Waals surface area (Å²) in [4.78, 5) is 35.7. The quantitative estimate of drug-likeness (QED) is 0.687. The second kappa shape index (κ2) is 8.00. The van der Waals surface area contributed by atoms with E-state index in [1.807, 2.05) is 13.0 Å². The van der Waals surface area contributed by atoms with Crippen molar-refractivity contribution in [2.45, 2.75) is 19.8 Å². The molecular formula is C16H24N6O3. The van der Waals surface area contributed by atoms with E-state index in [9.17, 15) is 9.59 Å². The van der Waals surface area contributed by atoms with Crippen molar-refractivity contribution in [3.63, 3.8) is 0 Å². The molecule has 2 aliphatic rings. The van der Waals surface area contributed by atoms with Gasteiger partial charge in [-0.25, -0.2) is 9.78 Å². The molecule has 0 spiro atoms. The fourth-order valence-corrected chi connectivity index (χ4v) is 2.91. The standard InChI is InChI=1S/C16H24N6O3/c1-12-10-13(21-6-2-3-7-21)20-15(19-12)18-5-4-17-14(23)11-22-8-9-25-16(22)24/h10H,2-9,11H2,1H3,(H,17,23)(H,18,19,20). The molecule has 1 aromatic rings. The molecule has 0 saturated carbocycles. The molecule has 0 aromatic carbocycles. The molecule has 0 radical (unpaired) electrons. The predicted octanol–water partition coefficient (Wildman–Crippen LogP) is 0.366. The van der Waals surface area contributed by atoms with Gasteiger partial charge in [-0.05, 0) is 19.8 Å². The molecule has 0 bridgehead atoms. The van der Waals surface area contributed by atoms with E-state index in [1.54, 1.807) is 0 Å². The molecule has 9 nitrogen and oxygen atoms in total. The van der Waals surface area contributed by atoms with Crippen LogP contribution in [0.2, 0.25) is 0 Å².